The molecular formula is C15H26N2O. The summed E-state index contributed by atoms with van der Waals surface area (Å²) in [5.41, 5.74) is 1.31. The normalized spacial score (nSPS) is 13.7. The number of hydrogen-bond donors (Lipinski definition) is 1. The number of likely N-dealkylation sites (N-methyl/N-ethyl adjacent to an activating group) is 1. The van der Waals surface area contributed by atoms with E-state index in [1.165, 1.54) is 5.56 Å². The zero-order valence-corrected chi connectivity index (χ0v) is 12.4. The molecule has 0 radical (unpaired) electrons. The van der Waals surface area contributed by atoms with Crippen molar-refractivity contribution in [1.29, 1.82) is 0 Å². The maximum absolute atomic E-state index is 5.84. The van der Waals surface area contributed by atoms with E-state index in [4.69, 9.17) is 4.74 Å². The van der Waals surface area contributed by atoms with Gasteiger partial charge >= 0.3 is 0 Å². The average Bonchev–Trinajstić information content (AvgIpc) is 2.36. The Balaban J connectivity index is 2.59. The van der Waals surface area contributed by atoms with Gasteiger partial charge in [-0.05, 0) is 59.6 Å². The van der Waals surface area contributed by atoms with Crippen LogP contribution in [0.4, 0.5) is 0 Å². The lowest BCUT2D eigenvalue weighted by atomic mass is 10.1. The largest absolute Gasteiger partial charge is 0.492 e. The lowest BCUT2D eigenvalue weighted by molar-refractivity contribution is 0.114. The van der Waals surface area contributed by atoms with Gasteiger partial charge < -0.3 is 15.0 Å². The molecule has 3 heteroatoms. The zero-order valence-electron chi connectivity index (χ0n) is 12.4. The minimum absolute atomic E-state index is 0.0386. The van der Waals surface area contributed by atoms with Gasteiger partial charge in [-0.15, -0.1) is 0 Å². The van der Waals surface area contributed by atoms with Gasteiger partial charge in [0.1, 0.15) is 12.4 Å². The fraction of sp³-hybridized carbons (Fsp3) is 0.600. The Hall–Kier alpha value is -1.06. The van der Waals surface area contributed by atoms with Crippen molar-refractivity contribution >= 4 is 0 Å². The zero-order chi connectivity index (χ0) is 13.8. The highest BCUT2D eigenvalue weighted by Crippen LogP contribution is 2.19. The first-order valence-corrected chi connectivity index (χ1v) is 6.44. The molecule has 1 atom stereocenters. The number of nitrogens with zero attached hydrogens (tertiary/aromatic N) is 1. The summed E-state index contributed by atoms with van der Waals surface area (Å²) in [4.78, 5) is 2.17. The van der Waals surface area contributed by atoms with Crippen LogP contribution in [0.15, 0.2) is 24.3 Å². The van der Waals surface area contributed by atoms with Crippen LogP contribution in [0.25, 0.3) is 0 Å². The van der Waals surface area contributed by atoms with Crippen molar-refractivity contribution in [1.82, 2.24) is 10.2 Å². The molecule has 0 saturated heterocycles. The summed E-state index contributed by atoms with van der Waals surface area (Å²) in [6.45, 7) is 7.17. The molecule has 0 amide bonds. The van der Waals surface area contributed by atoms with Gasteiger partial charge in [0.25, 0.3) is 0 Å². The van der Waals surface area contributed by atoms with Crippen molar-refractivity contribution in [2.75, 3.05) is 27.7 Å². The van der Waals surface area contributed by atoms with E-state index in [9.17, 15) is 0 Å². The van der Waals surface area contributed by atoms with E-state index in [0.29, 0.717) is 12.6 Å². The molecule has 18 heavy (non-hydrogen) atoms. The lowest BCUT2D eigenvalue weighted by Crippen LogP contribution is -2.43. The van der Waals surface area contributed by atoms with Crippen molar-refractivity contribution in [2.24, 2.45) is 0 Å². The smallest absolute Gasteiger partial charge is 0.119 e. The van der Waals surface area contributed by atoms with Crippen LogP contribution in [0.2, 0.25) is 0 Å². The molecule has 1 aromatic carbocycles. The molecule has 0 fully saturated rings. The third-order valence-electron chi connectivity index (χ3n) is 3.62. The summed E-state index contributed by atoms with van der Waals surface area (Å²) >= 11 is 0. The summed E-state index contributed by atoms with van der Waals surface area (Å²) in [5, 5.41) is 3.22. The second-order valence-electron chi connectivity index (χ2n) is 5.57. The Morgan fingerprint density at radius 2 is 1.78 bits per heavy atom. The third kappa shape index (κ3) is 4.00. The molecular weight excluding hydrogens is 224 g/mol. The maximum Gasteiger partial charge on any atom is 0.119 e. The van der Waals surface area contributed by atoms with E-state index in [1.807, 2.05) is 19.2 Å². The van der Waals surface area contributed by atoms with E-state index >= 15 is 0 Å². The second kappa shape index (κ2) is 6.21. The maximum atomic E-state index is 5.84. The Morgan fingerprint density at radius 1 is 1.22 bits per heavy atom. The number of hydrogen-bond acceptors (Lipinski definition) is 3. The summed E-state index contributed by atoms with van der Waals surface area (Å²) in [5.74, 6) is 0.928. The average molecular weight is 250 g/mol. The summed E-state index contributed by atoms with van der Waals surface area (Å²) in [6, 6.07) is 8.67. The Labute approximate surface area is 111 Å². The Bertz CT molecular complexity index is 357. The molecule has 0 spiro atoms. The Morgan fingerprint density at radius 3 is 2.22 bits per heavy atom. The van der Waals surface area contributed by atoms with Gasteiger partial charge in [0, 0.05) is 11.6 Å². The van der Waals surface area contributed by atoms with Crippen LogP contribution in [-0.2, 0) is 0 Å². The van der Waals surface area contributed by atoms with Crippen molar-refractivity contribution in [3.63, 3.8) is 0 Å². The number of benzene rings is 1. The molecule has 1 aromatic rings. The van der Waals surface area contributed by atoms with E-state index in [2.05, 4.69) is 57.2 Å². The van der Waals surface area contributed by atoms with Crippen molar-refractivity contribution in [3.05, 3.63) is 29.8 Å². The van der Waals surface area contributed by atoms with E-state index < -0.39 is 0 Å². The third-order valence-corrected chi connectivity index (χ3v) is 3.62. The van der Waals surface area contributed by atoms with E-state index in [1.54, 1.807) is 0 Å². The standard InChI is InChI=1S/C15H26N2O/c1-12(16-4)13-7-9-14(10-8-13)18-11-15(2,3)17(5)6/h7-10,12,16H,11H2,1-6H3. The number of nitrogens with one attached hydrogen (secondary N) is 1. The molecule has 1 N–H and O–H groups in total. The Kier molecular flexibility index (Phi) is 5.17. The van der Waals surface area contributed by atoms with Crippen LogP contribution in [0.1, 0.15) is 32.4 Å². The molecule has 0 heterocycles. The number of rotatable bonds is 6. The SMILES string of the molecule is CNC(C)c1ccc(OCC(C)(C)N(C)C)cc1. The topological polar surface area (TPSA) is 24.5 Å². The van der Waals surface area contributed by atoms with Crippen LogP contribution >= 0.6 is 0 Å². The lowest BCUT2D eigenvalue weighted by Gasteiger charge is -2.32. The van der Waals surface area contributed by atoms with Crippen LogP contribution in [0.3, 0.4) is 0 Å². The molecule has 0 aromatic heterocycles. The van der Waals surface area contributed by atoms with Gasteiger partial charge in [0.2, 0.25) is 0 Å². The molecule has 0 bridgehead atoms. The fourth-order valence-electron chi connectivity index (χ4n) is 1.41. The molecule has 3 nitrogen and oxygen atoms in total. The van der Waals surface area contributed by atoms with Crippen LogP contribution in [0.5, 0.6) is 5.75 Å². The van der Waals surface area contributed by atoms with Crippen LogP contribution < -0.4 is 10.1 Å². The van der Waals surface area contributed by atoms with Gasteiger partial charge in [-0.25, -0.2) is 0 Å². The highest BCUT2D eigenvalue weighted by Gasteiger charge is 2.21. The summed E-state index contributed by atoms with van der Waals surface area (Å²) < 4.78 is 5.84. The predicted octanol–water partition coefficient (Wildman–Crippen LogP) is 2.69. The quantitative estimate of drug-likeness (QED) is 0.840. The first kappa shape index (κ1) is 15.0. The van der Waals surface area contributed by atoms with Gasteiger partial charge in [-0.1, -0.05) is 12.1 Å². The number of ether oxygens (including phenoxy) is 1. The highest BCUT2D eigenvalue weighted by molar-refractivity contribution is 5.29. The monoisotopic (exact) mass is 250 g/mol. The van der Waals surface area contributed by atoms with E-state index in [-0.39, 0.29) is 5.54 Å². The fourth-order valence-corrected chi connectivity index (χ4v) is 1.41. The molecule has 0 aliphatic carbocycles. The van der Waals surface area contributed by atoms with Crippen LogP contribution in [0, 0.1) is 0 Å². The minimum Gasteiger partial charge on any atom is -0.492 e. The van der Waals surface area contributed by atoms with Gasteiger partial charge in [-0.2, -0.15) is 0 Å². The van der Waals surface area contributed by atoms with Crippen molar-refractivity contribution in [3.8, 4) is 5.75 Å². The van der Waals surface area contributed by atoms with Crippen molar-refractivity contribution in [2.45, 2.75) is 32.4 Å². The predicted molar refractivity (Wildman–Crippen MR) is 77.2 cm³/mol. The van der Waals surface area contributed by atoms with E-state index in [0.717, 1.165) is 5.75 Å². The summed E-state index contributed by atoms with van der Waals surface area (Å²) in [6.07, 6.45) is 0. The van der Waals surface area contributed by atoms with Gasteiger partial charge in [0.05, 0.1) is 0 Å². The molecule has 0 aliphatic rings. The first-order chi connectivity index (χ1) is 8.36. The highest BCUT2D eigenvalue weighted by atomic mass is 16.5. The van der Waals surface area contributed by atoms with Gasteiger partial charge in [0.15, 0.2) is 0 Å². The molecule has 1 unspecified atom stereocenters. The molecule has 0 aliphatic heterocycles. The second-order valence-corrected chi connectivity index (χ2v) is 5.57. The van der Waals surface area contributed by atoms with Crippen LogP contribution in [-0.4, -0.2) is 38.2 Å². The summed E-state index contributed by atoms with van der Waals surface area (Å²) in [7, 11) is 6.11. The first-order valence-electron chi connectivity index (χ1n) is 6.44. The molecule has 0 saturated carbocycles. The minimum atomic E-state index is 0.0386. The van der Waals surface area contributed by atoms with Gasteiger partial charge in [-0.3, -0.25) is 0 Å². The molecule has 1 rings (SSSR count). The molecule has 102 valence electrons. The van der Waals surface area contributed by atoms with Crippen molar-refractivity contribution < 1.29 is 4.74 Å².